The third-order valence-corrected chi connectivity index (χ3v) is 4.59. The lowest BCUT2D eigenvalue weighted by atomic mass is 9.87. The largest absolute Gasteiger partial charge is 0.486 e. The number of amides is 1. The van der Waals surface area contributed by atoms with E-state index < -0.39 is 0 Å². The van der Waals surface area contributed by atoms with Crippen LogP contribution in [0.5, 0.6) is 5.75 Å². The van der Waals surface area contributed by atoms with Crippen molar-refractivity contribution in [1.82, 2.24) is 10.2 Å². The van der Waals surface area contributed by atoms with E-state index in [1.165, 1.54) is 5.56 Å². The Morgan fingerprint density at radius 2 is 1.74 bits per heavy atom. The van der Waals surface area contributed by atoms with Crippen LogP contribution in [0.15, 0.2) is 40.8 Å². The van der Waals surface area contributed by atoms with E-state index in [1.54, 1.807) is 12.1 Å². The van der Waals surface area contributed by atoms with Crippen molar-refractivity contribution in [3.8, 4) is 5.75 Å². The molecule has 1 aromatic heterocycles. The van der Waals surface area contributed by atoms with Crippen molar-refractivity contribution in [1.29, 1.82) is 0 Å². The van der Waals surface area contributed by atoms with Crippen molar-refractivity contribution in [2.24, 2.45) is 0 Å². The van der Waals surface area contributed by atoms with Crippen LogP contribution in [-0.2, 0) is 12.0 Å². The number of hydrogen-bond donors (Lipinski definition) is 1. The van der Waals surface area contributed by atoms with Crippen LogP contribution in [0.25, 0.3) is 0 Å². The van der Waals surface area contributed by atoms with Crippen molar-refractivity contribution in [2.75, 3.05) is 26.2 Å². The third kappa shape index (κ3) is 6.43. The highest BCUT2D eigenvalue weighted by atomic mass is 16.5. The fraction of sp³-hybridized carbons (Fsp3) is 0.500. The first-order valence-corrected chi connectivity index (χ1v) is 9.66. The minimum Gasteiger partial charge on any atom is -0.486 e. The van der Waals surface area contributed by atoms with Gasteiger partial charge in [0.2, 0.25) is 0 Å². The maximum atomic E-state index is 12.2. The van der Waals surface area contributed by atoms with Crippen molar-refractivity contribution in [3.63, 3.8) is 0 Å². The summed E-state index contributed by atoms with van der Waals surface area (Å²) in [7, 11) is 0. The minimum atomic E-state index is -0.192. The molecule has 1 heterocycles. The molecule has 1 N–H and O–H groups in total. The lowest BCUT2D eigenvalue weighted by Crippen LogP contribution is -2.34. The maximum absolute atomic E-state index is 12.2. The molecule has 0 saturated heterocycles. The Balaban J connectivity index is 1.82. The van der Waals surface area contributed by atoms with Crippen molar-refractivity contribution in [3.05, 3.63) is 53.5 Å². The lowest BCUT2D eigenvalue weighted by Gasteiger charge is -2.19. The van der Waals surface area contributed by atoms with Gasteiger partial charge in [-0.2, -0.15) is 0 Å². The van der Waals surface area contributed by atoms with E-state index in [2.05, 4.69) is 57.0 Å². The van der Waals surface area contributed by atoms with Crippen LogP contribution in [0.4, 0.5) is 0 Å². The summed E-state index contributed by atoms with van der Waals surface area (Å²) in [5, 5.41) is 2.89. The molecule has 27 heavy (non-hydrogen) atoms. The van der Waals surface area contributed by atoms with Gasteiger partial charge in [0.05, 0.1) is 0 Å². The van der Waals surface area contributed by atoms with Crippen LogP contribution < -0.4 is 10.1 Å². The summed E-state index contributed by atoms with van der Waals surface area (Å²) < 4.78 is 11.4. The number of benzene rings is 1. The van der Waals surface area contributed by atoms with Gasteiger partial charge in [0.15, 0.2) is 5.76 Å². The Kier molecular flexibility index (Phi) is 7.48. The molecule has 0 saturated carbocycles. The summed E-state index contributed by atoms with van der Waals surface area (Å²) in [4.78, 5) is 14.4. The van der Waals surface area contributed by atoms with Gasteiger partial charge in [-0.25, -0.2) is 0 Å². The molecule has 5 nitrogen and oxygen atoms in total. The van der Waals surface area contributed by atoms with Crippen LogP contribution in [-0.4, -0.2) is 37.0 Å². The highest BCUT2D eigenvalue weighted by molar-refractivity contribution is 5.91. The lowest BCUT2D eigenvalue weighted by molar-refractivity contribution is 0.0917. The van der Waals surface area contributed by atoms with Crippen LogP contribution in [0.2, 0.25) is 0 Å². The summed E-state index contributed by atoms with van der Waals surface area (Å²) in [6.45, 7) is 14.5. The number of furan rings is 1. The molecule has 148 valence electrons. The molecule has 1 aromatic carbocycles. The second-order valence-corrected chi connectivity index (χ2v) is 7.61. The average molecular weight is 373 g/mol. The van der Waals surface area contributed by atoms with Gasteiger partial charge in [0, 0.05) is 13.1 Å². The first-order valence-electron chi connectivity index (χ1n) is 9.66. The third-order valence-electron chi connectivity index (χ3n) is 4.59. The zero-order valence-corrected chi connectivity index (χ0v) is 17.2. The number of likely N-dealkylation sites (N-methyl/N-ethyl adjacent to an activating group) is 1. The molecule has 0 aliphatic rings. The van der Waals surface area contributed by atoms with Crippen LogP contribution in [0, 0.1) is 0 Å². The van der Waals surface area contributed by atoms with Gasteiger partial charge in [-0.1, -0.05) is 46.8 Å². The maximum Gasteiger partial charge on any atom is 0.287 e. The van der Waals surface area contributed by atoms with Gasteiger partial charge < -0.3 is 19.4 Å². The molecule has 0 aliphatic heterocycles. The van der Waals surface area contributed by atoms with Crippen molar-refractivity contribution < 1.29 is 13.9 Å². The fourth-order valence-electron chi connectivity index (χ4n) is 2.74. The Morgan fingerprint density at radius 1 is 1.07 bits per heavy atom. The second-order valence-electron chi connectivity index (χ2n) is 7.61. The summed E-state index contributed by atoms with van der Waals surface area (Å²) in [5.74, 6) is 1.53. The molecule has 0 aliphatic carbocycles. The number of carbonyl (C=O) groups excluding carboxylic acids is 1. The molecular formula is C22H32N2O3. The Morgan fingerprint density at radius 3 is 2.33 bits per heavy atom. The molecule has 0 spiro atoms. The zero-order valence-electron chi connectivity index (χ0n) is 17.2. The minimum absolute atomic E-state index is 0.118. The highest BCUT2D eigenvalue weighted by Crippen LogP contribution is 2.24. The van der Waals surface area contributed by atoms with Gasteiger partial charge in [0.1, 0.15) is 18.1 Å². The Hall–Kier alpha value is -2.27. The number of rotatable bonds is 9. The van der Waals surface area contributed by atoms with Crippen molar-refractivity contribution in [2.45, 2.75) is 46.6 Å². The Labute approximate surface area is 162 Å². The van der Waals surface area contributed by atoms with Gasteiger partial charge in [-0.15, -0.1) is 0 Å². The predicted molar refractivity (Wildman–Crippen MR) is 108 cm³/mol. The van der Waals surface area contributed by atoms with E-state index in [4.69, 9.17) is 9.15 Å². The molecule has 0 bridgehead atoms. The molecular weight excluding hydrogens is 340 g/mol. The number of nitrogens with one attached hydrogen (secondary N) is 1. The van der Waals surface area contributed by atoms with E-state index in [9.17, 15) is 4.79 Å². The Bertz CT molecular complexity index is 710. The molecule has 0 fully saturated rings. The van der Waals surface area contributed by atoms with Gasteiger partial charge in [-0.3, -0.25) is 4.79 Å². The first kappa shape index (κ1) is 21.0. The van der Waals surface area contributed by atoms with E-state index in [0.717, 1.165) is 25.4 Å². The standard InChI is InChI=1S/C22H32N2O3/c1-6-24(7-2)15-14-23-21(25)20-13-12-19(27-20)16-26-18-10-8-17(9-11-18)22(3,4)5/h8-13H,6-7,14-16H2,1-5H3,(H,23,25). The fourth-order valence-corrected chi connectivity index (χ4v) is 2.74. The topological polar surface area (TPSA) is 54.7 Å². The zero-order chi connectivity index (χ0) is 19.9. The van der Waals surface area contributed by atoms with E-state index in [1.807, 2.05) is 12.1 Å². The summed E-state index contributed by atoms with van der Waals surface area (Å²) in [6.07, 6.45) is 0. The molecule has 5 heteroatoms. The number of nitrogens with zero attached hydrogens (tertiary/aromatic N) is 1. The van der Waals surface area contributed by atoms with E-state index in [-0.39, 0.29) is 11.3 Å². The normalized spacial score (nSPS) is 11.6. The molecule has 0 unspecified atom stereocenters. The van der Waals surface area contributed by atoms with E-state index >= 15 is 0 Å². The van der Waals surface area contributed by atoms with Gasteiger partial charge in [-0.05, 0) is 48.3 Å². The molecule has 0 atom stereocenters. The van der Waals surface area contributed by atoms with Gasteiger partial charge in [0.25, 0.3) is 5.91 Å². The smallest absolute Gasteiger partial charge is 0.287 e. The quantitative estimate of drug-likeness (QED) is 0.716. The van der Waals surface area contributed by atoms with Gasteiger partial charge >= 0.3 is 0 Å². The molecule has 1 amide bonds. The second kappa shape index (κ2) is 9.60. The SMILES string of the molecule is CCN(CC)CCNC(=O)c1ccc(COc2ccc(C(C)(C)C)cc2)o1. The van der Waals surface area contributed by atoms with Crippen molar-refractivity contribution >= 4 is 5.91 Å². The average Bonchev–Trinajstić information content (AvgIpc) is 3.12. The predicted octanol–water partition coefficient (Wildman–Crippen LogP) is 4.23. The summed E-state index contributed by atoms with van der Waals surface area (Å²) in [6, 6.07) is 11.5. The molecule has 2 rings (SSSR count). The number of ether oxygens (including phenoxy) is 1. The van der Waals surface area contributed by atoms with Crippen LogP contribution >= 0.6 is 0 Å². The molecule has 2 aromatic rings. The summed E-state index contributed by atoms with van der Waals surface area (Å²) >= 11 is 0. The van der Waals surface area contributed by atoms with Crippen LogP contribution in [0.1, 0.15) is 56.5 Å². The van der Waals surface area contributed by atoms with E-state index in [0.29, 0.717) is 24.7 Å². The van der Waals surface area contributed by atoms with Crippen LogP contribution in [0.3, 0.4) is 0 Å². The summed E-state index contributed by atoms with van der Waals surface area (Å²) in [5.41, 5.74) is 1.38. The number of hydrogen-bond acceptors (Lipinski definition) is 4. The monoisotopic (exact) mass is 372 g/mol. The number of carbonyl (C=O) groups is 1. The molecule has 0 radical (unpaired) electrons. The first-order chi connectivity index (χ1) is 12.8. The highest BCUT2D eigenvalue weighted by Gasteiger charge is 2.14.